The summed E-state index contributed by atoms with van der Waals surface area (Å²) in [7, 11) is 3.20. The van der Waals surface area contributed by atoms with Crippen LogP contribution in [0, 0.1) is 0 Å². The molecule has 2 atom stereocenters. The van der Waals surface area contributed by atoms with Crippen LogP contribution in [-0.4, -0.2) is 70.7 Å². The van der Waals surface area contributed by atoms with Gasteiger partial charge in [-0.1, -0.05) is 0 Å². The van der Waals surface area contributed by atoms with Gasteiger partial charge in [-0.25, -0.2) is 0 Å². The van der Waals surface area contributed by atoms with E-state index in [0.29, 0.717) is 29.4 Å². The fraction of sp³-hybridized carbons (Fsp3) is 0.522. The van der Waals surface area contributed by atoms with Gasteiger partial charge in [0.05, 0.1) is 31.5 Å². The van der Waals surface area contributed by atoms with Gasteiger partial charge in [-0.15, -0.1) is 0 Å². The van der Waals surface area contributed by atoms with Gasteiger partial charge in [0.2, 0.25) is 5.91 Å². The lowest BCUT2D eigenvalue weighted by molar-refractivity contribution is -0.140. The zero-order valence-corrected chi connectivity index (χ0v) is 18.6. The van der Waals surface area contributed by atoms with E-state index < -0.39 is 0 Å². The highest BCUT2D eigenvalue weighted by Gasteiger charge is 2.50. The highest BCUT2D eigenvalue weighted by molar-refractivity contribution is 5.94. The lowest BCUT2D eigenvalue weighted by Crippen LogP contribution is -2.68. The predicted octanol–water partition coefficient (Wildman–Crippen LogP) is 3.10. The second kappa shape index (κ2) is 8.24. The molecule has 0 aliphatic carbocycles. The summed E-state index contributed by atoms with van der Waals surface area (Å²) in [6, 6.07) is 7.29. The van der Waals surface area contributed by atoms with Crippen molar-refractivity contribution in [3.8, 4) is 22.8 Å². The van der Waals surface area contributed by atoms with E-state index in [9.17, 15) is 9.59 Å². The standard InChI is InChI=1S/C23H30N4O4/c1-15(28)26-11-6-10-23(2)21(26)7-5-12-27(23)22(29)19-14-18(24-25-19)17-13-16(30-3)8-9-20(17)31-4/h8-9,13-14,21H,5-7,10-12H2,1-4H3,(H,24,25)/t21-,23-/m0/s1. The summed E-state index contributed by atoms with van der Waals surface area (Å²) in [6.45, 7) is 5.18. The van der Waals surface area contributed by atoms with E-state index in [4.69, 9.17) is 9.47 Å². The van der Waals surface area contributed by atoms with Crippen molar-refractivity contribution >= 4 is 11.8 Å². The van der Waals surface area contributed by atoms with Gasteiger partial charge in [0, 0.05) is 25.6 Å². The van der Waals surface area contributed by atoms with Crippen molar-refractivity contribution in [1.82, 2.24) is 20.0 Å². The maximum absolute atomic E-state index is 13.6. The summed E-state index contributed by atoms with van der Waals surface area (Å²) in [5.74, 6) is 1.34. The van der Waals surface area contributed by atoms with Crippen molar-refractivity contribution in [3.05, 3.63) is 30.0 Å². The molecular formula is C23H30N4O4. The maximum Gasteiger partial charge on any atom is 0.272 e. The molecule has 1 aromatic carbocycles. The third-order valence-electron chi connectivity index (χ3n) is 6.79. The van der Waals surface area contributed by atoms with Gasteiger partial charge in [0.15, 0.2) is 0 Å². The lowest BCUT2D eigenvalue weighted by atomic mass is 9.76. The Morgan fingerprint density at radius 1 is 1.16 bits per heavy atom. The van der Waals surface area contributed by atoms with Crippen LogP contribution >= 0.6 is 0 Å². The number of nitrogens with zero attached hydrogens (tertiary/aromatic N) is 3. The van der Waals surface area contributed by atoms with Crippen LogP contribution in [-0.2, 0) is 4.79 Å². The number of piperidine rings is 2. The van der Waals surface area contributed by atoms with Crippen LogP contribution < -0.4 is 9.47 Å². The Morgan fingerprint density at radius 2 is 1.97 bits per heavy atom. The summed E-state index contributed by atoms with van der Waals surface area (Å²) in [5, 5.41) is 7.30. The highest BCUT2D eigenvalue weighted by atomic mass is 16.5. The molecule has 8 nitrogen and oxygen atoms in total. The van der Waals surface area contributed by atoms with Crippen LogP contribution in [0.2, 0.25) is 0 Å². The van der Waals surface area contributed by atoms with Crippen LogP contribution in [0.5, 0.6) is 11.5 Å². The van der Waals surface area contributed by atoms with Crippen molar-refractivity contribution < 1.29 is 19.1 Å². The smallest absolute Gasteiger partial charge is 0.272 e. The van der Waals surface area contributed by atoms with E-state index in [1.165, 1.54) is 0 Å². The number of H-pyrrole nitrogens is 1. The molecule has 4 rings (SSSR count). The molecule has 3 heterocycles. The molecule has 0 saturated carbocycles. The highest BCUT2D eigenvalue weighted by Crippen LogP contribution is 2.40. The monoisotopic (exact) mass is 426 g/mol. The normalized spacial score (nSPS) is 23.3. The summed E-state index contributed by atoms with van der Waals surface area (Å²) in [6.07, 6.45) is 3.58. The van der Waals surface area contributed by atoms with E-state index in [1.54, 1.807) is 27.2 Å². The minimum absolute atomic E-state index is 0.0531. The van der Waals surface area contributed by atoms with Crippen molar-refractivity contribution in [2.45, 2.75) is 51.1 Å². The van der Waals surface area contributed by atoms with Gasteiger partial charge in [-0.3, -0.25) is 14.7 Å². The molecule has 8 heteroatoms. The number of hydrogen-bond acceptors (Lipinski definition) is 5. The summed E-state index contributed by atoms with van der Waals surface area (Å²) < 4.78 is 10.8. The van der Waals surface area contributed by atoms with Crippen LogP contribution in [0.3, 0.4) is 0 Å². The number of amides is 2. The fourth-order valence-electron chi connectivity index (χ4n) is 5.18. The lowest BCUT2D eigenvalue weighted by Gasteiger charge is -2.56. The number of hydrogen-bond donors (Lipinski definition) is 1. The van der Waals surface area contributed by atoms with E-state index in [-0.39, 0.29) is 23.4 Å². The Balaban J connectivity index is 1.64. The molecular weight excluding hydrogens is 396 g/mol. The zero-order chi connectivity index (χ0) is 22.2. The molecule has 2 fully saturated rings. The largest absolute Gasteiger partial charge is 0.497 e. The predicted molar refractivity (Wildman–Crippen MR) is 116 cm³/mol. The Bertz CT molecular complexity index is 988. The Morgan fingerprint density at radius 3 is 2.68 bits per heavy atom. The maximum atomic E-state index is 13.6. The van der Waals surface area contributed by atoms with Crippen LogP contribution in [0.15, 0.2) is 24.3 Å². The molecule has 0 bridgehead atoms. The minimum Gasteiger partial charge on any atom is -0.497 e. The molecule has 1 aromatic heterocycles. The van der Waals surface area contributed by atoms with Gasteiger partial charge >= 0.3 is 0 Å². The first kappa shape index (κ1) is 21.2. The number of ether oxygens (including phenoxy) is 2. The molecule has 1 N–H and O–H groups in total. The van der Waals surface area contributed by atoms with Crippen molar-refractivity contribution in [2.24, 2.45) is 0 Å². The van der Waals surface area contributed by atoms with E-state index in [1.807, 2.05) is 28.0 Å². The van der Waals surface area contributed by atoms with E-state index >= 15 is 0 Å². The second-order valence-electron chi connectivity index (χ2n) is 8.52. The fourth-order valence-corrected chi connectivity index (χ4v) is 5.18. The first-order valence-electron chi connectivity index (χ1n) is 10.8. The molecule has 0 unspecified atom stereocenters. The van der Waals surface area contributed by atoms with Crippen LogP contribution in [0.25, 0.3) is 11.3 Å². The quantitative estimate of drug-likeness (QED) is 0.812. The molecule has 166 valence electrons. The first-order chi connectivity index (χ1) is 14.9. The summed E-state index contributed by atoms with van der Waals surface area (Å²) in [5.41, 5.74) is 1.42. The molecule has 2 aliphatic rings. The van der Waals surface area contributed by atoms with Crippen molar-refractivity contribution in [2.75, 3.05) is 27.3 Å². The molecule has 0 spiro atoms. The molecule has 31 heavy (non-hydrogen) atoms. The van der Waals surface area contributed by atoms with Gasteiger partial charge in [-0.05, 0) is 56.9 Å². The number of aromatic amines is 1. The number of likely N-dealkylation sites (tertiary alicyclic amines) is 2. The number of fused-ring (bicyclic) bond motifs is 1. The molecule has 0 radical (unpaired) electrons. The number of nitrogens with one attached hydrogen (secondary N) is 1. The number of carbonyl (C=O) groups excluding carboxylic acids is 2. The SMILES string of the molecule is COc1ccc(OC)c(-c2cc(C(=O)N3CCC[C@@H]4N(C(C)=O)CCC[C@@]43C)[nH]n2)c1. The number of aromatic nitrogens is 2. The van der Waals surface area contributed by atoms with Gasteiger partial charge in [0.1, 0.15) is 17.2 Å². The number of rotatable bonds is 4. The zero-order valence-electron chi connectivity index (χ0n) is 18.6. The second-order valence-corrected chi connectivity index (χ2v) is 8.52. The number of carbonyl (C=O) groups is 2. The third-order valence-corrected chi connectivity index (χ3v) is 6.79. The van der Waals surface area contributed by atoms with E-state index in [2.05, 4.69) is 17.1 Å². The van der Waals surface area contributed by atoms with Crippen molar-refractivity contribution in [3.63, 3.8) is 0 Å². The minimum atomic E-state index is -0.377. The topological polar surface area (TPSA) is 87.8 Å². The van der Waals surface area contributed by atoms with Gasteiger partial charge in [-0.2, -0.15) is 5.10 Å². The van der Waals surface area contributed by atoms with Gasteiger partial charge < -0.3 is 19.3 Å². The molecule has 2 aliphatic heterocycles. The number of methoxy groups -OCH3 is 2. The van der Waals surface area contributed by atoms with Crippen LogP contribution in [0.4, 0.5) is 0 Å². The summed E-state index contributed by atoms with van der Waals surface area (Å²) >= 11 is 0. The third kappa shape index (κ3) is 3.64. The molecule has 2 aromatic rings. The number of benzene rings is 1. The average Bonchev–Trinajstić information content (AvgIpc) is 3.27. The summed E-state index contributed by atoms with van der Waals surface area (Å²) in [4.78, 5) is 29.6. The molecule has 2 saturated heterocycles. The first-order valence-corrected chi connectivity index (χ1v) is 10.8. The van der Waals surface area contributed by atoms with Crippen LogP contribution in [0.1, 0.15) is 50.0 Å². The Hall–Kier alpha value is -3.03. The Labute approximate surface area is 182 Å². The average molecular weight is 427 g/mol. The van der Waals surface area contributed by atoms with E-state index in [0.717, 1.165) is 37.8 Å². The molecule has 2 amide bonds. The Kier molecular flexibility index (Phi) is 5.64. The van der Waals surface area contributed by atoms with Gasteiger partial charge in [0.25, 0.3) is 5.91 Å². The van der Waals surface area contributed by atoms with Crippen molar-refractivity contribution in [1.29, 1.82) is 0 Å².